The number of hydrogen-bond acceptors (Lipinski definition) is 1. The molecule has 0 unspecified atom stereocenters. The molecule has 1 N–H and O–H groups in total. The quantitative estimate of drug-likeness (QED) is 0.870. The lowest BCUT2D eigenvalue weighted by Gasteiger charge is -2.25. The van der Waals surface area contributed by atoms with Gasteiger partial charge in [0, 0.05) is 18.3 Å². The number of carbonyl (C=O) groups excluding carboxylic acids is 1. The SMILES string of the molecule is CCN(C(=O)NC1CCCC1)c1ccccc1C. The lowest BCUT2D eigenvalue weighted by atomic mass is 10.2. The molecule has 0 aromatic heterocycles. The zero-order valence-electron chi connectivity index (χ0n) is 11.3. The number of anilines is 1. The lowest BCUT2D eigenvalue weighted by Crippen LogP contribution is -2.44. The molecular weight excluding hydrogens is 224 g/mol. The Hall–Kier alpha value is -1.51. The van der Waals surface area contributed by atoms with Crippen molar-refractivity contribution in [2.24, 2.45) is 0 Å². The summed E-state index contributed by atoms with van der Waals surface area (Å²) in [7, 11) is 0. The minimum atomic E-state index is 0.0405. The van der Waals surface area contributed by atoms with E-state index in [1.54, 1.807) is 0 Å². The normalized spacial score (nSPS) is 15.7. The van der Waals surface area contributed by atoms with E-state index in [9.17, 15) is 4.79 Å². The topological polar surface area (TPSA) is 32.3 Å². The zero-order chi connectivity index (χ0) is 13.0. The standard InChI is InChI=1S/C15H22N2O/c1-3-17(14-11-7-4-8-12(14)2)15(18)16-13-9-5-6-10-13/h4,7-8,11,13H,3,5-6,9-10H2,1-2H3,(H,16,18). The van der Waals surface area contributed by atoms with Gasteiger partial charge >= 0.3 is 6.03 Å². The average Bonchev–Trinajstić information content (AvgIpc) is 2.85. The minimum absolute atomic E-state index is 0.0405. The van der Waals surface area contributed by atoms with Gasteiger partial charge < -0.3 is 5.32 Å². The van der Waals surface area contributed by atoms with Crippen molar-refractivity contribution in [2.75, 3.05) is 11.4 Å². The van der Waals surface area contributed by atoms with E-state index in [1.807, 2.05) is 43.0 Å². The maximum Gasteiger partial charge on any atom is 0.322 e. The van der Waals surface area contributed by atoms with Crippen molar-refractivity contribution in [3.8, 4) is 0 Å². The maximum absolute atomic E-state index is 12.3. The predicted octanol–water partition coefficient (Wildman–Crippen LogP) is 3.47. The first-order valence-corrected chi connectivity index (χ1v) is 6.86. The summed E-state index contributed by atoms with van der Waals surface area (Å²) < 4.78 is 0. The van der Waals surface area contributed by atoms with Crippen LogP contribution in [0.3, 0.4) is 0 Å². The number of aryl methyl sites for hydroxylation is 1. The highest BCUT2D eigenvalue weighted by Gasteiger charge is 2.21. The number of rotatable bonds is 3. The Balaban J connectivity index is 2.08. The van der Waals surface area contributed by atoms with Gasteiger partial charge in [-0.2, -0.15) is 0 Å². The zero-order valence-corrected chi connectivity index (χ0v) is 11.3. The highest BCUT2D eigenvalue weighted by molar-refractivity contribution is 5.92. The van der Waals surface area contributed by atoms with Crippen LogP contribution in [0.4, 0.5) is 10.5 Å². The number of nitrogens with one attached hydrogen (secondary N) is 1. The Bertz CT molecular complexity index is 411. The van der Waals surface area contributed by atoms with Crippen molar-refractivity contribution in [2.45, 2.75) is 45.6 Å². The van der Waals surface area contributed by atoms with Crippen molar-refractivity contribution in [1.82, 2.24) is 5.32 Å². The molecule has 0 aliphatic heterocycles. The molecule has 1 aliphatic rings. The number of urea groups is 1. The fourth-order valence-corrected chi connectivity index (χ4v) is 2.61. The van der Waals surface area contributed by atoms with Gasteiger partial charge in [0.05, 0.1) is 0 Å². The van der Waals surface area contributed by atoms with Gasteiger partial charge in [0.15, 0.2) is 0 Å². The predicted molar refractivity (Wildman–Crippen MR) is 75.0 cm³/mol. The summed E-state index contributed by atoms with van der Waals surface area (Å²) in [5, 5.41) is 3.14. The molecule has 3 nitrogen and oxygen atoms in total. The fourth-order valence-electron chi connectivity index (χ4n) is 2.61. The van der Waals surface area contributed by atoms with Crippen LogP contribution in [0.25, 0.3) is 0 Å². The minimum Gasteiger partial charge on any atom is -0.335 e. The van der Waals surface area contributed by atoms with E-state index in [4.69, 9.17) is 0 Å². The largest absolute Gasteiger partial charge is 0.335 e. The lowest BCUT2D eigenvalue weighted by molar-refractivity contribution is 0.243. The monoisotopic (exact) mass is 246 g/mol. The first-order valence-electron chi connectivity index (χ1n) is 6.86. The van der Waals surface area contributed by atoms with E-state index in [1.165, 1.54) is 12.8 Å². The smallest absolute Gasteiger partial charge is 0.322 e. The molecule has 0 heterocycles. The molecule has 0 bridgehead atoms. The van der Waals surface area contributed by atoms with Crippen molar-refractivity contribution < 1.29 is 4.79 Å². The van der Waals surface area contributed by atoms with Crippen LogP contribution >= 0.6 is 0 Å². The van der Waals surface area contributed by atoms with Crippen LogP contribution < -0.4 is 10.2 Å². The third kappa shape index (κ3) is 2.84. The first kappa shape index (κ1) is 12.9. The molecule has 1 fully saturated rings. The highest BCUT2D eigenvalue weighted by atomic mass is 16.2. The van der Waals surface area contributed by atoms with Crippen LogP contribution in [-0.2, 0) is 0 Å². The average molecular weight is 246 g/mol. The van der Waals surface area contributed by atoms with Gasteiger partial charge in [0.1, 0.15) is 0 Å². The van der Waals surface area contributed by atoms with Gasteiger partial charge in [-0.3, -0.25) is 4.90 Å². The molecule has 0 saturated heterocycles. The molecule has 2 amide bonds. The molecule has 1 saturated carbocycles. The maximum atomic E-state index is 12.3. The van der Waals surface area contributed by atoms with E-state index in [2.05, 4.69) is 5.32 Å². The van der Waals surface area contributed by atoms with Gasteiger partial charge in [-0.05, 0) is 38.3 Å². The Morgan fingerprint density at radius 2 is 2.00 bits per heavy atom. The van der Waals surface area contributed by atoms with E-state index < -0.39 is 0 Å². The van der Waals surface area contributed by atoms with Crippen LogP contribution in [0, 0.1) is 6.92 Å². The Kier molecular flexibility index (Phi) is 4.24. The summed E-state index contributed by atoms with van der Waals surface area (Å²) in [6.07, 6.45) is 4.72. The van der Waals surface area contributed by atoms with E-state index >= 15 is 0 Å². The second-order valence-electron chi connectivity index (χ2n) is 4.96. The number of nitrogens with zero attached hydrogens (tertiary/aromatic N) is 1. The van der Waals surface area contributed by atoms with Gasteiger partial charge in [-0.1, -0.05) is 31.0 Å². The number of carbonyl (C=O) groups is 1. The molecule has 0 atom stereocenters. The van der Waals surface area contributed by atoms with Crippen LogP contribution in [-0.4, -0.2) is 18.6 Å². The van der Waals surface area contributed by atoms with Gasteiger partial charge in [0.25, 0.3) is 0 Å². The molecule has 3 heteroatoms. The summed E-state index contributed by atoms with van der Waals surface area (Å²) in [6.45, 7) is 4.75. The fraction of sp³-hybridized carbons (Fsp3) is 0.533. The summed E-state index contributed by atoms with van der Waals surface area (Å²) in [4.78, 5) is 14.1. The molecular formula is C15H22N2O. The number of benzene rings is 1. The third-order valence-corrected chi connectivity index (χ3v) is 3.65. The van der Waals surface area contributed by atoms with Crippen molar-refractivity contribution in [3.05, 3.63) is 29.8 Å². The second-order valence-corrected chi connectivity index (χ2v) is 4.96. The Morgan fingerprint density at radius 3 is 2.61 bits per heavy atom. The van der Waals surface area contributed by atoms with Crippen LogP contribution in [0.2, 0.25) is 0 Å². The molecule has 0 spiro atoms. The molecule has 2 rings (SSSR count). The molecule has 1 aromatic carbocycles. The second kappa shape index (κ2) is 5.89. The van der Waals surface area contributed by atoms with E-state index in [0.29, 0.717) is 12.6 Å². The molecule has 1 aliphatic carbocycles. The van der Waals surface area contributed by atoms with Crippen LogP contribution in [0.15, 0.2) is 24.3 Å². The van der Waals surface area contributed by atoms with E-state index in [0.717, 1.165) is 24.1 Å². The summed E-state index contributed by atoms with van der Waals surface area (Å²) >= 11 is 0. The number of para-hydroxylation sites is 1. The summed E-state index contributed by atoms with van der Waals surface area (Å²) in [5.74, 6) is 0. The van der Waals surface area contributed by atoms with Crippen molar-refractivity contribution >= 4 is 11.7 Å². The van der Waals surface area contributed by atoms with Crippen molar-refractivity contribution in [1.29, 1.82) is 0 Å². The summed E-state index contributed by atoms with van der Waals surface area (Å²) in [6, 6.07) is 8.44. The van der Waals surface area contributed by atoms with E-state index in [-0.39, 0.29) is 6.03 Å². The molecule has 0 radical (unpaired) electrons. The van der Waals surface area contributed by atoms with Crippen molar-refractivity contribution in [3.63, 3.8) is 0 Å². The highest BCUT2D eigenvalue weighted by Crippen LogP contribution is 2.21. The summed E-state index contributed by atoms with van der Waals surface area (Å²) in [5.41, 5.74) is 2.15. The molecule has 1 aromatic rings. The number of hydrogen-bond donors (Lipinski definition) is 1. The molecule has 18 heavy (non-hydrogen) atoms. The molecule has 98 valence electrons. The Morgan fingerprint density at radius 1 is 1.33 bits per heavy atom. The van der Waals surface area contributed by atoms with Gasteiger partial charge in [-0.15, -0.1) is 0 Å². The number of amides is 2. The first-order chi connectivity index (χ1) is 8.72. The van der Waals surface area contributed by atoms with Gasteiger partial charge in [-0.25, -0.2) is 4.79 Å². The van der Waals surface area contributed by atoms with Gasteiger partial charge in [0.2, 0.25) is 0 Å². The Labute approximate surface area is 109 Å². The van der Waals surface area contributed by atoms with Crippen LogP contribution in [0.1, 0.15) is 38.2 Å². The third-order valence-electron chi connectivity index (χ3n) is 3.65. The van der Waals surface area contributed by atoms with Crippen LogP contribution in [0.5, 0.6) is 0 Å².